The van der Waals surface area contributed by atoms with Crippen LogP contribution in [0.25, 0.3) is 26.9 Å². The summed E-state index contributed by atoms with van der Waals surface area (Å²) in [5.41, 5.74) is 5.55. The first-order valence-corrected chi connectivity index (χ1v) is 14.5. The molecule has 2 aliphatic heterocycles. The van der Waals surface area contributed by atoms with Crippen LogP contribution in [-0.2, 0) is 24.3 Å². The molecule has 1 amide bonds. The van der Waals surface area contributed by atoms with E-state index in [0.717, 1.165) is 63.2 Å². The van der Waals surface area contributed by atoms with E-state index in [9.17, 15) is 4.79 Å². The summed E-state index contributed by atoms with van der Waals surface area (Å²) >= 11 is 3.35. The highest BCUT2D eigenvalue weighted by Crippen LogP contribution is 2.46. The molecule has 3 aromatic carbocycles. The van der Waals surface area contributed by atoms with Gasteiger partial charge in [-0.15, -0.1) is 22.7 Å². The van der Waals surface area contributed by atoms with Crippen molar-refractivity contribution in [1.82, 2.24) is 9.88 Å². The number of nitrogens with zero attached hydrogens (tertiary/aromatic N) is 2. The number of nitrogens with one attached hydrogen (secondary N) is 1. The Kier molecular flexibility index (Phi) is 6.36. The molecule has 2 aromatic heterocycles. The molecule has 0 saturated carbocycles. The van der Waals surface area contributed by atoms with Crippen molar-refractivity contribution in [2.75, 3.05) is 18.7 Å². The number of aromatic nitrogens is 1. The van der Waals surface area contributed by atoms with Crippen molar-refractivity contribution in [3.8, 4) is 22.1 Å². The first-order valence-electron chi connectivity index (χ1n) is 12.8. The number of ether oxygens (including phenoxy) is 2. The van der Waals surface area contributed by atoms with Gasteiger partial charge in [0.05, 0.1) is 10.2 Å². The fourth-order valence-corrected chi connectivity index (χ4v) is 7.47. The zero-order valence-electron chi connectivity index (χ0n) is 21.1. The minimum absolute atomic E-state index is 0.172. The van der Waals surface area contributed by atoms with E-state index in [-0.39, 0.29) is 12.7 Å². The highest BCUT2D eigenvalue weighted by Gasteiger charge is 2.27. The average Bonchev–Trinajstić information content (AvgIpc) is 3.68. The Labute approximate surface area is 234 Å². The van der Waals surface area contributed by atoms with E-state index in [0.29, 0.717) is 5.75 Å². The molecule has 4 heterocycles. The normalized spacial score (nSPS) is 14.7. The Morgan fingerprint density at radius 1 is 1.00 bits per heavy atom. The van der Waals surface area contributed by atoms with Crippen molar-refractivity contribution in [1.29, 1.82) is 0 Å². The first-order chi connectivity index (χ1) is 19.2. The van der Waals surface area contributed by atoms with E-state index in [4.69, 9.17) is 14.5 Å². The number of para-hydroxylation sites is 1. The molecule has 0 fully saturated rings. The van der Waals surface area contributed by atoms with Gasteiger partial charge in [0.25, 0.3) is 0 Å². The van der Waals surface area contributed by atoms with Crippen LogP contribution in [0, 0.1) is 0 Å². The van der Waals surface area contributed by atoms with Gasteiger partial charge in [-0.3, -0.25) is 9.69 Å². The van der Waals surface area contributed by atoms with Gasteiger partial charge in [0.2, 0.25) is 12.7 Å². The summed E-state index contributed by atoms with van der Waals surface area (Å²) < 4.78 is 12.0. The molecule has 0 saturated heterocycles. The van der Waals surface area contributed by atoms with Crippen LogP contribution in [0.2, 0.25) is 0 Å². The van der Waals surface area contributed by atoms with Crippen LogP contribution in [0.1, 0.15) is 21.6 Å². The number of carbonyl (C=O) groups is 1. The largest absolute Gasteiger partial charge is 0.454 e. The van der Waals surface area contributed by atoms with Gasteiger partial charge in [-0.2, -0.15) is 0 Å². The van der Waals surface area contributed by atoms with Gasteiger partial charge in [-0.05, 0) is 53.5 Å². The van der Waals surface area contributed by atoms with Crippen LogP contribution in [0.3, 0.4) is 0 Å². The van der Waals surface area contributed by atoms with E-state index in [1.165, 1.54) is 16.0 Å². The molecule has 0 bridgehead atoms. The second-order valence-electron chi connectivity index (χ2n) is 9.58. The van der Waals surface area contributed by atoms with Gasteiger partial charge in [-0.1, -0.05) is 48.5 Å². The van der Waals surface area contributed by atoms with Crippen molar-refractivity contribution >= 4 is 49.9 Å². The Hall–Kier alpha value is -3.98. The van der Waals surface area contributed by atoms with Crippen molar-refractivity contribution in [2.45, 2.75) is 19.5 Å². The lowest BCUT2D eigenvalue weighted by atomic mass is 10.0. The number of anilines is 1. The summed E-state index contributed by atoms with van der Waals surface area (Å²) in [4.78, 5) is 21.8. The minimum Gasteiger partial charge on any atom is -0.454 e. The number of amides is 1. The zero-order chi connectivity index (χ0) is 26.2. The van der Waals surface area contributed by atoms with Crippen LogP contribution in [0.4, 0.5) is 5.00 Å². The lowest BCUT2D eigenvalue weighted by Gasteiger charge is -2.27. The maximum absolute atomic E-state index is 13.1. The fraction of sp³-hybridized carbons (Fsp3) is 0.161. The first kappa shape index (κ1) is 24.1. The van der Waals surface area contributed by atoms with E-state index >= 15 is 0 Å². The number of benzene rings is 3. The maximum Gasteiger partial charge on any atom is 0.249 e. The molecule has 2 aliphatic rings. The average molecular weight is 552 g/mol. The summed E-state index contributed by atoms with van der Waals surface area (Å²) in [6, 6.07) is 24.4. The maximum atomic E-state index is 13.1. The molecule has 6 nitrogen and oxygen atoms in total. The lowest BCUT2D eigenvalue weighted by molar-refractivity contribution is -0.111. The standard InChI is InChI=1S/C31H25N3O3S2/c35-28(13-11-20-10-12-24-25(16-20)37-19-36-24)33-31-29(30-32-23-8-4-5-9-26(23)38-30)22-14-15-34(18-27(22)39-31)17-21-6-2-1-3-7-21/h1-13,16H,14-15,17-19H2,(H,33,35)/b13-11+. The number of thiophene rings is 1. The van der Waals surface area contributed by atoms with Crippen LogP contribution in [-0.4, -0.2) is 29.1 Å². The fourth-order valence-electron chi connectivity index (χ4n) is 5.07. The third kappa shape index (κ3) is 4.94. The summed E-state index contributed by atoms with van der Waals surface area (Å²) in [6.07, 6.45) is 4.29. The van der Waals surface area contributed by atoms with Crippen LogP contribution >= 0.6 is 22.7 Å². The highest BCUT2D eigenvalue weighted by molar-refractivity contribution is 7.23. The molecule has 5 aromatic rings. The van der Waals surface area contributed by atoms with E-state index < -0.39 is 0 Å². The molecule has 0 atom stereocenters. The molecule has 0 spiro atoms. The predicted octanol–water partition coefficient (Wildman–Crippen LogP) is 6.96. The minimum atomic E-state index is -0.172. The number of carbonyl (C=O) groups excluding carboxylic acids is 1. The number of hydrogen-bond donors (Lipinski definition) is 1. The van der Waals surface area contributed by atoms with Crippen molar-refractivity contribution in [3.63, 3.8) is 0 Å². The summed E-state index contributed by atoms with van der Waals surface area (Å²) in [6.45, 7) is 2.96. The predicted molar refractivity (Wildman–Crippen MR) is 157 cm³/mol. The molecule has 0 aliphatic carbocycles. The lowest BCUT2D eigenvalue weighted by Crippen LogP contribution is -2.29. The van der Waals surface area contributed by atoms with Crippen molar-refractivity contribution < 1.29 is 14.3 Å². The van der Waals surface area contributed by atoms with E-state index in [1.807, 2.05) is 36.4 Å². The molecule has 0 radical (unpaired) electrons. The summed E-state index contributed by atoms with van der Waals surface area (Å²) in [7, 11) is 0. The molecule has 8 heteroatoms. The second-order valence-corrected chi connectivity index (χ2v) is 11.7. The Bertz CT molecular complexity index is 1670. The smallest absolute Gasteiger partial charge is 0.249 e. The molecule has 194 valence electrons. The van der Waals surface area contributed by atoms with Gasteiger partial charge >= 0.3 is 0 Å². The molecule has 39 heavy (non-hydrogen) atoms. The number of thiazole rings is 1. The third-order valence-electron chi connectivity index (χ3n) is 6.95. The molecular weight excluding hydrogens is 526 g/mol. The van der Waals surface area contributed by atoms with Gasteiger partial charge in [0.1, 0.15) is 10.0 Å². The molecule has 0 unspecified atom stereocenters. The Balaban J connectivity index is 1.18. The molecule has 7 rings (SSSR count). The van der Waals surface area contributed by atoms with Crippen LogP contribution in [0.15, 0.2) is 78.9 Å². The van der Waals surface area contributed by atoms with E-state index in [2.05, 4.69) is 46.6 Å². The third-order valence-corrected chi connectivity index (χ3v) is 9.14. The molecule has 1 N–H and O–H groups in total. The number of rotatable bonds is 6. The Morgan fingerprint density at radius 3 is 2.74 bits per heavy atom. The van der Waals surface area contributed by atoms with Gasteiger partial charge in [0.15, 0.2) is 11.5 Å². The Morgan fingerprint density at radius 2 is 1.85 bits per heavy atom. The monoisotopic (exact) mass is 551 g/mol. The molecular formula is C31H25N3O3S2. The quantitative estimate of drug-likeness (QED) is 0.231. The number of fused-ring (bicyclic) bond motifs is 3. The van der Waals surface area contributed by atoms with Gasteiger partial charge < -0.3 is 14.8 Å². The van der Waals surface area contributed by atoms with E-state index in [1.54, 1.807) is 34.8 Å². The van der Waals surface area contributed by atoms with Crippen molar-refractivity contribution in [3.05, 3.63) is 100 Å². The summed E-state index contributed by atoms with van der Waals surface area (Å²) in [5, 5.41) is 5.00. The van der Waals surface area contributed by atoms with Crippen LogP contribution in [0.5, 0.6) is 11.5 Å². The zero-order valence-corrected chi connectivity index (χ0v) is 22.7. The van der Waals surface area contributed by atoms with Gasteiger partial charge in [-0.25, -0.2) is 4.98 Å². The SMILES string of the molecule is O=C(/C=C/c1ccc2c(c1)OCO2)Nc1sc2c(c1-c1nc3ccccc3s1)CCN(Cc1ccccc1)C2. The topological polar surface area (TPSA) is 63.7 Å². The highest BCUT2D eigenvalue weighted by atomic mass is 32.1. The van der Waals surface area contributed by atoms with Gasteiger partial charge in [0, 0.05) is 36.2 Å². The van der Waals surface area contributed by atoms with Crippen molar-refractivity contribution in [2.24, 2.45) is 0 Å². The number of hydrogen-bond acceptors (Lipinski definition) is 7. The second kappa shape index (κ2) is 10.3. The summed E-state index contributed by atoms with van der Waals surface area (Å²) in [5.74, 6) is 1.25. The van der Waals surface area contributed by atoms with Crippen LogP contribution < -0.4 is 14.8 Å².